The van der Waals surface area contributed by atoms with Gasteiger partial charge in [0, 0.05) is 88.3 Å². The normalized spacial score (nSPS) is 11.1. The van der Waals surface area contributed by atoms with Crippen molar-refractivity contribution < 1.29 is 29.0 Å². The molecule has 21 rings (SSSR count). The van der Waals surface area contributed by atoms with Crippen LogP contribution in [0.5, 0.6) is 17.2 Å². The molecule has 0 fully saturated rings. The topological polar surface area (TPSA) is 155 Å². The van der Waals surface area contributed by atoms with Gasteiger partial charge in [-0.1, -0.05) is 273 Å². The van der Waals surface area contributed by atoms with Crippen LogP contribution in [0.4, 0.5) is 0 Å². The van der Waals surface area contributed by atoms with Gasteiger partial charge >= 0.3 is 23.1 Å². The summed E-state index contributed by atoms with van der Waals surface area (Å²) in [6.45, 7) is 0. The van der Waals surface area contributed by atoms with Gasteiger partial charge in [0.25, 0.3) is 0 Å². The minimum absolute atomic E-state index is 0.575. The standard InChI is InChI=1S/2C35H24BN2O2.C34H23BN3O2/c39-36-40-29-18-19-35-31(23-29)30-16-7-8-17-34(30)38(35)28-15-9-14-26(20-28)27-21-32(24-10-3-1-4-11-24)37-33(22-27)25-12-5-2-6-13-25;39-36-40-29-18-19-35-31(23-29)30-16-7-8-17-34(30)38(35)28-15-9-14-26(20-28)33-22-27(24-10-3-1-4-11-24)21-32(37-33)25-12-5-2-6-13-25;39-35-40-27-18-19-33-29(21-27)28-16-7-8-17-32(28)38(33)26-15-9-14-25(20-26)34-36-30(23-10-3-1-4-11-23)22-31(37-34)24-12-5-2-6-13-24/h2*1-23,39H;1-22,39H. The summed E-state index contributed by atoms with van der Waals surface area (Å²) in [7, 11) is 2.13. The Kier molecular flexibility index (Phi) is 21.0. The Morgan fingerprint density at radius 1 is 0.183 bits per heavy atom. The second-order valence-electron chi connectivity index (χ2n) is 28.8. The van der Waals surface area contributed by atoms with Gasteiger partial charge in [-0.2, -0.15) is 0 Å². The van der Waals surface area contributed by atoms with E-state index in [1.165, 1.54) is 0 Å². The lowest BCUT2D eigenvalue weighted by Crippen LogP contribution is -2.00. The minimum atomic E-state index is 0.575. The fourth-order valence-electron chi connectivity index (χ4n) is 16.0. The highest BCUT2D eigenvalue weighted by atomic mass is 16.5. The first-order chi connectivity index (χ1) is 59.3. The molecule has 0 aliphatic heterocycles. The molecule has 567 valence electrons. The number of aromatic nitrogens is 7. The molecule has 0 atom stereocenters. The summed E-state index contributed by atoms with van der Waals surface area (Å²) >= 11 is 0. The van der Waals surface area contributed by atoms with Gasteiger partial charge in [0.05, 0.1) is 67.3 Å². The first kappa shape index (κ1) is 74.6. The number of rotatable bonds is 18. The van der Waals surface area contributed by atoms with Crippen molar-refractivity contribution in [1.82, 2.24) is 33.6 Å². The first-order valence-corrected chi connectivity index (χ1v) is 39.4. The average Bonchev–Trinajstić information content (AvgIpc) is 1.60. The largest absolute Gasteiger partial charge is 0.569 e. The van der Waals surface area contributed by atoms with Crippen molar-refractivity contribution in [3.63, 3.8) is 0 Å². The summed E-state index contributed by atoms with van der Waals surface area (Å²) in [5.41, 5.74) is 26.8. The number of fused-ring (bicyclic) bond motifs is 9. The molecule has 0 saturated heterocycles. The number of para-hydroxylation sites is 3. The molecule has 0 aliphatic carbocycles. The van der Waals surface area contributed by atoms with Crippen molar-refractivity contribution in [1.29, 1.82) is 0 Å². The fourth-order valence-corrected chi connectivity index (χ4v) is 16.0. The van der Waals surface area contributed by atoms with Crippen molar-refractivity contribution in [3.8, 4) is 135 Å². The van der Waals surface area contributed by atoms with Gasteiger partial charge in [0.1, 0.15) is 17.2 Å². The average molecular weight is 1550 g/mol. The lowest BCUT2D eigenvalue weighted by atomic mass is 9.99. The maximum atomic E-state index is 9.15. The van der Waals surface area contributed by atoms with Crippen LogP contribution in [0.3, 0.4) is 0 Å². The van der Waals surface area contributed by atoms with E-state index in [2.05, 4.69) is 244 Å². The van der Waals surface area contributed by atoms with Crippen molar-refractivity contribution in [3.05, 3.63) is 413 Å². The highest BCUT2D eigenvalue weighted by Gasteiger charge is 2.21. The van der Waals surface area contributed by atoms with Crippen LogP contribution in [-0.2, 0) is 0 Å². The molecule has 16 heteroatoms. The molecule has 3 radical (unpaired) electrons. The van der Waals surface area contributed by atoms with Crippen molar-refractivity contribution in [2.75, 3.05) is 0 Å². The smallest absolute Gasteiger partial charge is 0.537 e. The molecule has 120 heavy (non-hydrogen) atoms. The first-order valence-electron chi connectivity index (χ1n) is 39.4. The number of pyridine rings is 2. The zero-order chi connectivity index (χ0) is 80.7. The van der Waals surface area contributed by atoms with Crippen LogP contribution in [0.15, 0.2) is 413 Å². The lowest BCUT2D eigenvalue weighted by molar-refractivity contribution is 0.453. The maximum Gasteiger partial charge on any atom is 0.569 e. The Hall–Kier alpha value is -15.4. The molecule has 6 aromatic heterocycles. The number of benzene rings is 15. The van der Waals surface area contributed by atoms with Gasteiger partial charge in [-0.3, -0.25) is 0 Å². The summed E-state index contributed by atoms with van der Waals surface area (Å²) in [6, 6.07) is 141. The number of nitrogens with zero attached hydrogens (tertiary/aromatic N) is 7. The zero-order valence-electron chi connectivity index (χ0n) is 64.7. The van der Waals surface area contributed by atoms with E-state index in [1.807, 2.05) is 182 Å². The number of hydrogen-bond donors (Lipinski definition) is 3. The lowest BCUT2D eigenvalue weighted by Gasteiger charge is -2.13. The SMILES string of the molecule is O[B]Oc1ccc2c(c1)c1ccccc1n2-c1cccc(-c2cc(-c3ccccc3)cc(-c3ccccc3)n2)c1.O[B]Oc1ccc2c(c1)c1ccccc1n2-c1cccc(-c2cc(-c3ccccc3)nc(-c3ccccc3)c2)c1.O[B]Oc1ccc2c(c1)c1ccccc1n2-c1cccc(-c2nc(-c3ccccc3)cc(-c3ccccc3)n2)c1. The van der Waals surface area contributed by atoms with Gasteiger partial charge in [-0.05, 0) is 162 Å². The summed E-state index contributed by atoms with van der Waals surface area (Å²) in [4.78, 5) is 20.2. The van der Waals surface area contributed by atoms with Crippen LogP contribution in [0.1, 0.15) is 0 Å². The summed E-state index contributed by atoms with van der Waals surface area (Å²) in [5.74, 6) is 2.41. The van der Waals surface area contributed by atoms with Crippen LogP contribution in [-0.4, -0.2) is 71.8 Å². The third kappa shape index (κ3) is 15.2. The van der Waals surface area contributed by atoms with Crippen LogP contribution >= 0.6 is 0 Å². The van der Waals surface area contributed by atoms with Gasteiger partial charge in [0.15, 0.2) is 5.82 Å². The molecular formula is C104H71B3N7O6. The van der Waals surface area contributed by atoms with Crippen LogP contribution in [0, 0.1) is 0 Å². The van der Waals surface area contributed by atoms with Crippen LogP contribution in [0.2, 0.25) is 0 Å². The molecule has 0 bridgehead atoms. The van der Waals surface area contributed by atoms with Crippen molar-refractivity contribution in [2.45, 2.75) is 0 Å². The van der Waals surface area contributed by atoms with Gasteiger partial charge in [-0.25, -0.2) is 19.9 Å². The van der Waals surface area contributed by atoms with Crippen molar-refractivity contribution >= 4 is 88.5 Å². The Morgan fingerprint density at radius 2 is 0.442 bits per heavy atom. The minimum Gasteiger partial charge on any atom is -0.537 e. The summed E-state index contributed by atoms with van der Waals surface area (Å²) in [5, 5.41) is 33.9. The Morgan fingerprint density at radius 3 is 0.792 bits per heavy atom. The molecule has 0 saturated carbocycles. The molecule has 3 N–H and O–H groups in total. The predicted molar refractivity (Wildman–Crippen MR) is 488 cm³/mol. The molecule has 13 nitrogen and oxygen atoms in total. The Labute approximate surface area is 694 Å². The third-order valence-corrected chi connectivity index (χ3v) is 21.5. The van der Waals surface area contributed by atoms with Gasteiger partial charge in [0.2, 0.25) is 0 Å². The van der Waals surface area contributed by atoms with E-state index in [4.69, 9.17) is 49.0 Å². The predicted octanol–water partition coefficient (Wildman–Crippen LogP) is 23.7. The Bertz CT molecular complexity index is 6420. The summed E-state index contributed by atoms with van der Waals surface area (Å²) in [6.07, 6.45) is 0. The molecule has 0 spiro atoms. The monoisotopic (exact) mass is 1550 g/mol. The number of hydrogen-bond acceptors (Lipinski definition) is 10. The second kappa shape index (κ2) is 33.8. The molecule has 0 aliphatic rings. The summed E-state index contributed by atoms with van der Waals surface area (Å²) < 4.78 is 22.6. The van der Waals surface area contributed by atoms with E-state index in [1.54, 1.807) is 0 Å². The van der Waals surface area contributed by atoms with E-state index in [9.17, 15) is 0 Å². The molecule has 21 aromatic rings. The Balaban J connectivity index is 0.000000119. The molecule has 0 amide bonds. The third-order valence-electron chi connectivity index (χ3n) is 21.5. The van der Waals surface area contributed by atoms with Crippen LogP contribution < -0.4 is 14.0 Å². The van der Waals surface area contributed by atoms with Crippen molar-refractivity contribution in [2.24, 2.45) is 0 Å². The quantitative estimate of drug-likeness (QED) is 0.0707. The molecule has 6 heterocycles. The van der Waals surface area contributed by atoms with Gasteiger partial charge in [-0.15, -0.1) is 0 Å². The van der Waals surface area contributed by atoms with Gasteiger partial charge < -0.3 is 42.7 Å². The zero-order valence-corrected chi connectivity index (χ0v) is 64.7. The fraction of sp³-hybridized carbons (Fsp3) is 0. The van der Waals surface area contributed by atoms with E-state index in [0.29, 0.717) is 46.1 Å². The highest BCUT2D eigenvalue weighted by molar-refractivity contribution is 6.19. The van der Waals surface area contributed by atoms with E-state index in [0.717, 1.165) is 178 Å². The molecule has 15 aromatic carbocycles. The maximum absolute atomic E-state index is 9.15. The second-order valence-corrected chi connectivity index (χ2v) is 28.8. The molecule has 0 unspecified atom stereocenters. The van der Waals surface area contributed by atoms with E-state index in [-0.39, 0.29) is 0 Å². The van der Waals surface area contributed by atoms with E-state index >= 15 is 0 Å². The highest BCUT2D eigenvalue weighted by Crippen LogP contribution is 2.42. The van der Waals surface area contributed by atoms with E-state index < -0.39 is 0 Å². The van der Waals surface area contributed by atoms with Crippen LogP contribution in [0.25, 0.3) is 184 Å². The molecular weight excluding hydrogens is 1480 g/mol.